The highest BCUT2D eigenvalue weighted by Crippen LogP contribution is 2.59. The Hall–Kier alpha value is -3.35. The number of aliphatic carboxylic acids is 1. The summed E-state index contributed by atoms with van der Waals surface area (Å²) < 4.78 is 5.60. The zero-order valence-corrected chi connectivity index (χ0v) is 20.5. The van der Waals surface area contributed by atoms with Crippen LogP contribution in [0.4, 0.5) is 4.79 Å². The number of carboxylic acids is 1. The molecule has 0 radical (unpaired) electrons. The third-order valence-corrected chi connectivity index (χ3v) is 7.88. The number of alkyl carbamates (subject to hydrolysis) is 1. The average Bonchev–Trinajstić information content (AvgIpc) is 3.40. The van der Waals surface area contributed by atoms with Crippen molar-refractivity contribution in [3.63, 3.8) is 0 Å². The first-order chi connectivity index (χ1) is 16.5. The molecule has 2 bridgehead atoms. The van der Waals surface area contributed by atoms with Crippen LogP contribution in [0.25, 0.3) is 11.1 Å². The molecule has 3 fully saturated rings. The molecule has 35 heavy (non-hydrogen) atoms. The molecule has 2 amide bonds. The minimum absolute atomic E-state index is 0.0158. The fraction of sp³-hybridized carbons (Fsp3) is 0.464. The summed E-state index contributed by atoms with van der Waals surface area (Å²) >= 11 is 0. The monoisotopic (exact) mass is 476 g/mol. The van der Waals surface area contributed by atoms with Gasteiger partial charge < -0.3 is 20.1 Å². The van der Waals surface area contributed by atoms with Crippen LogP contribution in [0.1, 0.15) is 57.1 Å². The van der Waals surface area contributed by atoms with Crippen molar-refractivity contribution < 1.29 is 24.2 Å². The molecule has 2 aliphatic heterocycles. The number of nitrogens with one attached hydrogen (secondary N) is 1. The van der Waals surface area contributed by atoms with Crippen LogP contribution in [-0.4, -0.2) is 53.2 Å². The molecule has 1 saturated carbocycles. The van der Waals surface area contributed by atoms with Crippen LogP contribution in [-0.2, 0) is 14.3 Å². The van der Waals surface area contributed by atoms with E-state index in [0.717, 1.165) is 11.1 Å². The molecule has 0 unspecified atom stereocenters. The van der Waals surface area contributed by atoms with Crippen LogP contribution >= 0.6 is 0 Å². The van der Waals surface area contributed by atoms with Gasteiger partial charge in [0.1, 0.15) is 12.1 Å². The van der Waals surface area contributed by atoms with Crippen molar-refractivity contribution in [3.8, 4) is 11.1 Å². The van der Waals surface area contributed by atoms with E-state index in [1.807, 2.05) is 45.0 Å². The average molecular weight is 477 g/mol. The zero-order chi connectivity index (χ0) is 25.0. The van der Waals surface area contributed by atoms with Gasteiger partial charge >= 0.3 is 12.1 Å². The maximum absolute atomic E-state index is 13.0. The molecule has 0 aromatic heterocycles. The minimum atomic E-state index is -1.05. The van der Waals surface area contributed by atoms with Crippen molar-refractivity contribution >= 4 is 18.0 Å². The number of ether oxygens (including phenoxy) is 1. The van der Waals surface area contributed by atoms with E-state index in [0.29, 0.717) is 19.4 Å². The first-order valence-corrected chi connectivity index (χ1v) is 12.2. The Bertz CT molecular complexity index is 1150. The van der Waals surface area contributed by atoms with Gasteiger partial charge in [0.05, 0.1) is 0 Å². The fourth-order valence-corrected chi connectivity index (χ4v) is 6.32. The topological polar surface area (TPSA) is 95.9 Å². The molecule has 2 saturated heterocycles. The van der Waals surface area contributed by atoms with Crippen molar-refractivity contribution in [3.05, 3.63) is 59.7 Å². The SMILES string of the molecule is CC(C)(CNC(=O)OCC1c2ccccc2-c2ccccc21)CC(=O)N1CC2(C)CC1(C(=O)O)C2. The molecule has 2 N–H and O–H groups in total. The fourth-order valence-electron chi connectivity index (χ4n) is 6.32. The summed E-state index contributed by atoms with van der Waals surface area (Å²) in [5.41, 5.74) is 2.94. The van der Waals surface area contributed by atoms with Gasteiger partial charge in [-0.05, 0) is 45.9 Å². The molecule has 2 aliphatic carbocycles. The second-order valence-corrected chi connectivity index (χ2v) is 11.5. The summed E-state index contributed by atoms with van der Waals surface area (Å²) in [7, 11) is 0. The maximum atomic E-state index is 13.0. The Kier molecular flexibility index (Phi) is 5.42. The summed E-state index contributed by atoms with van der Waals surface area (Å²) in [6, 6.07) is 16.3. The maximum Gasteiger partial charge on any atom is 0.407 e. The van der Waals surface area contributed by atoms with Crippen LogP contribution in [0.2, 0.25) is 0 Å². The van der Waals surface area contributed by atoms with Crippen LogP contribution in [0, 0.1) is 10.8 Å². The smallest absolute Gasteiger partial charge is 0.407 e. The number of carbonyl (C=O) groups excluding carboxylic acids is 2. The number of hydrogen-bond donors (Lipinski definition) is 2. The molecular weight excluding hydrogens is 444 g/mol. The van der Waals surface area contributed by atoms with E-state index >= 15 is 0 Å². The predicted molar refractivity (Wildman–Crippen MR) is 131 cm³/mol. The van der Waals surface area contributed by atoms with E-state index in [1.165, 1.54) is 11.1 Å². The normalized spacial score (nSPS) is 24.4. The highest BCUT2D eigenvalue weighted by molar-refractivity contribution is 5.90. The van der Waals surface area contributed by atoms with Gasteiger partial charge in [0.25, 0.3) is 0 Å². The summed E-state index contributed by atoms with van der Waals surface area (Å²) in [6.07, 6.45) is 0.658. The van der Waals surface area contributed by atoms with Gasteiger partial charge in [-0.25, -0.2) is 9.59 Å². The molecule has 7 heteroatoms. The Balaban J connectivity index is 1.16. The van der Waals surface area contributed by atoms with Crippen molar-refractivity contribution in [2.24, 2.45) is 10.8 Å². The van der Waals surface area contributed by atoms with Crippen molar-refractivity contribution in [1.82, 2.24) is 10.2 Å². The number of rotatable bonds is 7. The summed E-state index contributed by atoms with van der Waals surface area (Å²) in [5, 5.41) is 12.5. The summed E-state index contributed by atoms with van der Waals surface area (Å²) in [6.45, 7) is 6.78. The number of amides is 2. The van der Waals surface area contributed by atoms with Crippen LogP contribution in [0.3, 0.4) is 0 Å². The Morgan fingerprint density at radius 1 is 1.06 bits per heavy atom. The van der Waals surface area contributed by atoms with Crippen molar-refractivity contribution in [1.29, 1.82) is 0 Å². The number of fused-ring (bicyclic) bond motifs is 4. The zero-order valence-electron chi connectivity index (χ0n) is 20.5. The molecule has 2 heterocycles. The number of carboxylic acid groups (broad SMARTS) is 1. The quantitative estimate of drug-likeness (QED) is 0.617. The number of benzene rings is 2. The first-order valence-electron chi connectivity index (χ1n) is 12.2. The molecule has 6 rings (SSSR count). The van der Waals surface area contributed by atoms with E-state index in [1.54, 1.807) is 4.90 Å². The van der Waals surface area contributed by atoms with Crippen molar-refractivity contribution in [2.45, 2.75) is 51.5 Å². The van der Waals surface area contributed by atoms with Crippen molar-refractivity contribution in [2.75, 3.05) is 19.7 Å². The van der Waals surface area contributed by atoms with Crippen LogP contribution in [0.5, 0.6) is 0 Å². The highest BCUT2D eigenvalue weighted by atomic mass is 16.5. The second kappa shape index (κ2) is 8.11. The van der Waals surface area contributed by atoms with E-state index < -0.39 is 23.0 Å². The number of carbonyl (C=O) groups is 3. The molecule has 184 valence electrons. The molecule has 7 nitrogen and oxygen atoms in total. The van der Waals surface area contributed by atoms with Gasteiger partial charge in [-0.3, -0.25) is 4.79 Å². The van der Waals surface area contributed by atoms with Gasteiger partial charge in [-0.2, -0.15) is 0 Å². The molecule has 0 spiro atoms. The lowest BCUT2D eigenvalue weighted by atomic mass is 9.63. The molecular formula is C28H32N2O5. The highest BCUT2D eigenvalue weighted by Gasteiger charge is 2.68. The summed E-state index contributed by atoms with van der Waals surface area (Å²) in [5.74, 6) is -1.11. The van der Waals surface area contributed by atoms with E-state index in [9.17, 15) is 19.5 Å². The lowest BCUT2D eigenvalue weighted by Gasteiger charge is -2.43. The summed E-state index contributed by atoms with van der Waals surface area (Å²) in [4.78, 5) is 39.0. The molecule has 0 atom stereocenters. The van der Waals surface area contributed by atoms with Gasteiger partial charge in [-0.1, -0.05) is 69.3 Å². The molecule has 2 aromatic rings. The second-order valence-electron chi connectivity index (χ2n) is 11.5. The third kappa shape index (κ3) is 3.97. The Labute approximate surface area is 205 Å². The number of hydrogen-bond acceptors (Lipinski definition) is 4. The standard InChI is InChI=1S/C28H32N2O5/c1-26(2,12-23(31)30-17-27(3)14-28(30,15-27)24(32)33)16-29-25(34)35-13-22-20-10-6-4-8-18(20)19-9-5-7-11-21(19)22/h4-11,22H,12-17H2,1-3H3,(H,29,34)(H,32,33). The minimum Gasteiger partial charge on any atom is -0.479 e. The Morgan fingerprint density at radius 2 is 1.63 bits per heavy atom. The largest absolute Gasteiger partial charge is 0.479 e. The lowest BCUT2D eigenvalue weighted by molar-refractivity contribution is -0.160. The van der Waals surface area contributed by atoms with Crippen LogP contribution in [0.15, 0.2) is 48.5 Å². The third-order valence-electron chi connectivity index (χ3n) is 7.88. The van der Waals surface area contributed by atoms with E-state index in [4.69, 9.17) is 4.74 Å². The van der Waals surface area contributed by atoms with E-state index in [-0.39, 0.29) is 36.8 Å². The Morgan fingerprint density at radius 3 is 2.20 bits per heavy atom. The predicted octanol–water partition coefficient (Wildman–Crippen LogP) is 4.41. The molecule has 2 aromatic carbocycles. The van der Waals surface area contributed by atoms with Gasteiger partial charge in [0.2, 0.25) is 5.91 Å². The van der Waals surface area contributed by atoms with Gasteiger partial charge in [0, 0.05) is 25.4 Å². The van der Waals surface area contributed by atoms with Gasteiger partial charge in [0.15, 0.2) is 0 Å². The van der Waals surface area contributed by atoms with Crippen LogP contribution < -0.4 is 5.32 Å². The first kappa shape index (κ1) is 23.4. The molecule has 4 aliphatic rings. The lowest BCUT2D eigenvalue weighted by Crippen LogP contribution is -2.56. The number of nitrogens with zero attached hydrogens (tertiary/aromatic N) is 1. The van der Waals surface area contributed by atoms with Gasteiger partial charge in [-0.15, -0.1) is 0 Å². The van der Waals surface area contributed by atoms with E-state index in [2.05, 4.69) is 29.6 Å².